The fourth-order valence-electron chi connectivity index (χ4n) is 2.89. The molecule has 2 aliphatic heterocycles. The lowest BCUT2D eigenvalue weighted by atomic mass is 9.89. The minimum Gasteiger partial charge on any atom is -0.462 e. The van der Waals surface area contributed by atoms with Gasteiger partial charge in [0.2, 0.25) is 5.72 Å². The van der Waals surface area contributed by atoms with Crippen molar-refractivity contribution in [2.45, 2.75) is 44.6 Å². The molecule has 1 aromatic carbocycles. The van der Waals surface area contributed by atoms with Crippen LogP contribution in [-0.4, -0.2) is 35.9 Å². The average molecular weight is 326 g/mol. The second-order valence-electron chi connectivity index (χ2n) is 7.02. The first kappa shape index (κ1) is 16.0. The van der Waals surface area contributed by atoms with Gasteiger partial charge in [-0.15, -0.1) is 0 Å². The van der Waals surface area contributed by atoms with E-state index in [0.717, 1.165) is 6.07 Å². The number of benzene rings is 1. The van der Waals surface area contributed by atoms with Crippen LogP contribution in [-0.2, 0) is 4.74 Å². The van der Waals surface area contributed by atoms with E-state index in [1.54, 1.807) is 7.05 Å². The molecular formula is C16H20F2N2O3. The molecule has 1 aromatic rings. The zero-order valence-electron chi connectivity index (χ0n) is 13.6. The Hall–Kier alpha value is -1.89. The van der Waals surface area contributed by atoms with Crippen molar-refractivity contribution < 1.29 is 23.0 Å². The molecule has 0 aromatic heterocycles. The number of amides is 2. The molecule has 1 saturated heterocycles. The number of ether oxygens (including phenoxy) is 2. The first-order valence-electron chi connectivity index (χ1n) is 7.47. The molecule has 0 radical (unpaired) electrons. The summed E-state index contributed by atoms with van der Waals surface area (Å²) in [5, 5.41) is 2.75. The van der Waals surface area contributed by atoms with Gasteiger partial charge in [0.15, 0.2) is 11.6 Å². The number of nitrogens with one attached hydrogen (secondary N) is 1. The van der Waals surface area contributed by atoms with Crippen molar-refractivity contribution in [1.82, 2.24) is 10.2 Å². The van der Waals surface area contributed by atoms with E-state index in [9.17, 15) is 13.6 Å². The molecule has 2 heterocycles. The summed E-state index contributed by atoms with van der Waals surface area (Å²) in [6, 6.07) is 1.09. The van der Waals surface area contributed by atoms with Gasteiger partial charge in [-0.3, -0.25) is 4.90 Å². The van der Waals surface area contributed by atoms with Gasteiger partial charge in [0.1, 0.15) is 12.4 Å². The van der Waals surface area contributed by atoms with Crippen molar-refractivity contribution in [2.75, 3.05) is 13.7 Å². The lowest BCUT2D eigenvalue weighted by molar-refractivity contribution is -0.161. The summed E-state index contributed by atoms with van der Waals surface area (Å²) in [6.45, 7) is 5.75. The van der Waals surface area contributed by atoms with Crippen molar-refractivity contribution in [2.24, 2.45) is 0 Å². The Morgan fingerprint density at radius 3 is 2.78 bits per heavy atom. The molecule has 2 bridgehead atoms. The van der Waals surface area contributed by atoms with Crippen LogP contribution in [0.1, 0.15) is 38.8 Å². The molecule has 23 heavy (non-hydrogen) atoms. The third-order valence-corrected chi connectivity index (χ3v) is 4.17. The minimum absolute atomic E-state index is 0.0352. The van der Waals surface area contributed by atoms with E-state index in [1.807, 2.05) is 20.8 Å². The van der Waals surface area contributed by atoms with Crippen molar-refractivity contribution in [3.8, 4) is 5.75 Å². The average Bonchev–Trinajstić information content (AvgIpc) is 2.43. The smallest absolute Gasteiger partial charge is 0.320 e. The van der Waals surface area contributed by atoms with Crippen molar-refractivity contribution in [3.63, 3.8) is 0 Å². The normalized spacial score (nSPS) is 26.4. The zero-order chi connectivity index (χ0) is 17.0. The Kier molecular flexibility index (Phi) is 3.51. The zero-order valence-corrected chi connectivity index (χ0v) is 13.6. The highest BCUT2D eigenvalue weighted by atomic mass is 19.1. The maximum absolute atomic E-state index is 14.2. The predicted molar refractivity (Wildman–Crippen MR) is 79.1 cm³/mol. The summed E-state index contributed by atoms with van der Waals surface area (Å²) in [7, 11) is 1.57. The standard InChI is InChI=1S/C16H20F2N2O3/c1-15(2,3)22-8-16-7-12(19-14(21)20(16)4)10-5-9(17)6-11(18)13(10)23-16/h5-6,12H,7-8H2,1-4H3,(H,19,21). The van der Waals surface area contributed by atoms with Gasteiger partial charge in [0, 0.05) is 25.1 Å². The van der Waals surface area contributed by atoms with E-state index in [1.165, 1.54) is 11.0 Å². The quantitative estimate of drug-likeness (QED) is 0.909. The molecule has 126 valence electrons. The number of hydrogen-bond donors (Lipinski definition) is 1. The van der Waals surface area contributed by atoms with Crippen LogP contribution < -0.4 is 10.1 Å². The van der Waals surface area contributed by atoms with Crippen LogP contribution in [0.25, 0.3) is 0 Å². The Morgan fingerprint density at radius 2 is 2.13 bits per heavy atom. The van der Waals surface area contributed by atoms with E-state index in [2.05, 4.69) is 5.32 Å². The summed E-state index contributed by atoms with van der Waals surface area (Å²) >= 11 is 0. The molecule has 1 fully saturated rings. The van der Waals surface area contributed by atoms with E-state index in [-0.39, 0.29) is 18.4 Å². The molecular weight excluding hydrogens is 306 g/mol. The van der Waals surface area contributed by atoms with E-state index >= 15 is 0 Å². The number of halogens is 2. The summed E-state index contributed by atoms with van der Waals surface area (Å²) in [5.41, 5.74) is -1.24. The van der Waals surface area contributed by atoms with Gasteiger partial charge in [-0.2, -0.15) is 0 Å². The number of rotatable bonds is 2. The lowest BCUT2D eigenvalue weighted by Crippen LogP contribution is -2.67. The van der Waals surface area contributed by atoms with Gasteiger partial charge < -0.3 is 14.8 Å². The van der Waals surface area contributed by atoms with E-state index in [0.29, 0.717) is 12.0 Å². The SMILES string of the molecule is CN1C(=O)NC2CC1(COC(C)(C)C)Oc1c(F)cc(F)cc12. The first-order chi connectivity index (χ1) is 10.6. The summed E-state index contributed by atoms with van der Waals surface area (Å²) in [5.74, 6) is -1.52. The van der Waals surface area contributed by atoms with Crippen LogP contribution >= 0.6 is 0 Å². The van der Waals surface area contributed by atoms with E-state index in [4.69, 9.17) is 9.47 Å². The molecule has 0 saturated carbocycles. The Labute approximate surface area is 133 Å². The molecule has 2 atom stereocenters. The van der Waals surface area contributed by atoms with Gasteiger partial charge in [-0.1, -0.05) is 0 Å². The summed E-state index contributed by atoms with van der Waals surface area (Å²) in [4.78, 5) is 13.6. The molecule has 2 amide bonds. The number of carbonyl (C=O) groups is 1. The fraction of sp³-hybridized carbons (Fsp3) is 0.562. The molecule has 5 nitrogen and oxygen atoms in total. The topological polar surface area (TPSA) is 50.8 Å². The number of carbonyl (C=O) groups excluding carboxylic acids is 1. The van der Waals surface area contributed by atoms with Gasteiger partial charge in [-0.25, -0.2) is 13.6 Å². The molecule has 3 rings (SSSR count). The Bertz CT molecular complexity index is 659. The van der Waals surface area contributed by atoms with Crippen molar-refractivity contribution in [1.29, 1.82) is 0 Å². The minimum atomic E-state index is -1.12. The van der Waals surface area contributed by atoms with Crippen molar-refractivity contribution in [3.05, 3.63) is 29.3 Å². The third kappa shape index (κ3) is 2.73. The van der Waals surface area contributed by atoms with Crippen LogP contribution in [0, 0.1) is 11.6 Å². The highest BCUT2D eigenvalue weighted by molar-refractivity contribution is 5.77. The number of urea groups is 1. The second kappa shape index (κ2) is 5.06. The van der Waals surface area contributed by atoms with Crippen LogP contribution in [0.4, 0.5) is 13.6 Å². The maximum atomic E-state index is 14.2. The number of likely N-dealkylation sites (N-methyl/N-ethyl adjacent to an activating group) is 1. The monoisotopic (exact) mass is 326 g/mol. The summed E-state index contributed by atoms with van der Waals surface area (Å²) < 4.78 is 39.3. The Balaban J connectivity index is 2.03. The second-order valence-corrected chi connectivity index (χ2v) is 7.02. The van der Waals surface area contributed by atoms with Gasteiger partial charge >= 0.3 is 6.03 Å². The van der Waals surface area contributed by atoms with Crippen molar-refractivity contribution >= 4 is 6.03 Å². The van der Waals surface area contributed by atoms with Crippen LogP contribution in [0.3, 0.4) is 0 Å². The van der Waals surface area contributed by atoms with Gasteiger partial charge in [0.25, 0.3) is 0 Å². The Morgan fingerprint density at radius 1 is 1.43 bits per heavy atom. The number of hydrogen-bond acceptors (Lipinski definition) is 3. The van der Waals surface area contributed by atoms with E-state index < -0.39 is 29.0 Å². The van der Waals surface area contributed by atoms with Gasteiger partial charge in [0.05, 0.1) is 11.6 Å². The molecule has 1 N–H and O–H groups in total. The third-order valence-electron chi connectivity index (χ3n) is 4.17. The lowest BCUT2D eigenvalue weighted by Gasteiger charge is -2.51. The molecule has 7 heteroatoms. The van der Waals surface area contributed by atoms with Gasteiger partial charge in [-0.05, 0) is 26.8 Å². The predicted octanol–water partition coefficient (Wildman–Crippen LogP) is 2.95. The molecule has 2 unspecified atom stereocenters. The molecule has 0 spiro atoms. The number of nitrogens with zero attached hydrogens (tertiary/aromatic N) is 1. The highest BCUT2D eigenvalue weighted by Gasteiger charge is 2.52. The fourth-order valence-corrected chi connectivity index (χ4v) is 2.89. The summed E-state index contributed by atoms with van der Waals surface area (Å²) in [6.07, 6.45) is 0.348. The molecule has 2 aliphatic rings. The van der Waals surface area contributed by atoms with Crippen LogP contribution in [0.5, 0.6) is 5.75 Å². The molecule has 0 aliphatic carbocycles. The van der Waals surface area contributed by atoms with Crippen LogP contribution in [0.2, 0.25) is 0 Å². The largest absolute Gasteiger partial charge is 0.462 e. The highest BCUT2D eigenvalue weighted by Crippen LogP contribution is 2.45. The van der Waals surface area contributed by atoms with Crippen LogP contribution in [0.15, 0.2) is 12.1 Å². The number of fused-ring (bicyclic) bond motifs is 4. The first-order valence-corrected chi connectivity index (χ1v) is 7.47. The maximum Gasteiger partial charge on any atom is 0.320 e.